The number of hydrogen-bond donors (Lipinski definition) is 2. The van der Waals surface area contributed by atoms with Gasteiger partial charge in [0.05, 0.1) is 5.92 Å². The van der Waals surface area contributed by atoms with Crippen molar-refractivity contribution in [3.8, 4) is 0 Å². The molecule has 1 aromatic carbocycles. The van der Waals surface area contributed by atoms with E-state index in [0.29, 0.717) is 32.2 Å². The summed E-state index contributed by atoms with van der Waals surface area (Å²) in [5, 5.41) is 3.16. The van der Waals surface area contributed by atoms with Crippen LogP contribution in [0.3, 0.4) is 0 Å². The smallest absolute Gasteiger partial charge is 0.317 e. The van der Waals surface area contributed by atoms with Crippen LogP contribution in [-0.4, -0.2) is 54.0 Å². The quantitative estimate of drug-likeness (QED) is 0.803. The highest BCUT2D eigenvalue weighted by Crippen LogP contribution is 2.22. The molecule has 1 heterocycles. The molecule has 2 fully saturated rings. The first-order valence-electron chi connectivity index (χ1n) is 10.2. The number of carbonyl (C=O) groups is 2. The van der Waals surface area contributed by atoms with E-state index in [1.807, 2.05) is 47.1 Å². The van der Waals surface area contributed by atoms with Crippen LogP contribution in [0, 0.1) is 5.92 Å². The Hall–Kier alpha value is -1.79. The number of halogens is 1. The van der Waals surface area contributed by atoms with E-state index < -0.39 is 0 Å². The van der Waals surface area contributed by atoms with Crippen LogP contribution in [0.15, 0.2) is 30.3 Å². The lowest BCUT2D eigenvalue weighted by Gasteiger charge is -2.37. The number of urea groups is 1. The molecule has 0 radical (unpaired) electrons. The second kappa shape index (κ2) is 10.7. The molecule has 1 aliphatic carbocycles. The Balaban J connectivity index is 0.00000280. The highest BCUT2D eigenvalue weighted by atomic mass is 35.5. The molecule has 2 atom stereocenters. The van der Waals surface area contributed by atoms with Crippen molar-refractivity contribution < 1.29 is 9.59 Å². The zero-order valence-electron chi connectivity index (χ0n) is 16.7. The molecule has 3 amide bonds. The van der Waals surface area contributed by atoms with Gasteiger partial charge >= 0.3 is 6.03 Å². The monoisotopic (exact) mass is 408 g/mol. The number of nitrogens with two attached hydrogens (primary N) is 1. The predicted octanol–water partition coefficient (Wildman–Crippen LogP) is 2.93. The maximum atomic E-state index is 12.8. The number of nitrogens with zero attached hydrogens (tertiary/aromatic N) is 2. The number of nitrogens with one attached hydrogen (secondary N) is 1. The van der Waals surface area contributed by atoms with Gasteiger partial charge in [0.1, 0.15) is 0 Å². The molecule has 2 unspecified atom stereocenters. The van der Waals surface area contributed by atoms with Crippen molar-refractivity contribution in [3.63, 3.8) is 0 Å². The van der Waals surface area contributed by atoms with E-state index in [1.54, 1.807) is 0 Å². The molecule has 1 aromatic rings. The van der Waals surface area contributed by atoms with E-state index in [2.05, 4.69) is 5.32 Å². The molecule has 0 bridgehead atoms. The predicted molar refractivity (Wildman–Crippen MR) is 113 cm³/mol. The molecule has 3 N–H and O–H groups in total. The normalized spacial score (nSPS) is 20.1. The Labute approximate surface area is 174 Å². The lowest BCUT2D eigenvalue weighted by molar-refractivity contribution is -0.137. The average Bonchev–Trinajstić information content (AvgIpc) is 2.73. The van der Waals surface area contributed by atoms with Crippen LogP contribution in [0.2, 0.25) is 0 Å². The van der Waals surface area contributed by atoms with Gasteiger partial charge in [-0.2, -0.15) is 0 Å². The average molecular weight is 409 g/mol. The molecule has 0 aromatic heterocycles. The maximum absolute atomic E-state index is 12.8. The summed E-state index contributed by atoms with van der Waals surface area (Å²) in [5.41, 5.74) is 7.28. The summed E-state index contributed by atoms with van der Waals surface area (Å²) in [6, 6.07) is 9.76. The number of piperazine rings is 1. The minimum atomic E-state index is -0.314. The molecular formula is C21H33ClN4O2. The third-order valence-corrected chi connectivity index (χ3v) is 5.92. The van der Waals surface area contributed by atoms with E-state index in [4.69, 9.17) is 5.73 Å². The van der Waals surface area contributed by atoms with Gasteiger partial charge in [-0.1, -0.05) is 56.5 Å². The summed E-state index contributed by atoms with van der Waals surface area (Å²) in [5.74, 6) is -0.214. The van der Waals surface area contributed by atoms with Gasteiger partial charge in [-0.25, -0.2) is 4.79 Å². The second-order valence-electron chi connectivity index (χ2n) is 7.82. The first-order valence-corrected chi connectivity index (χ1v) is 10.2. The van der Waals surface area contributed by atoms with Gasteiger partial charge in [0.2, 0.25) is 5.91 Å². The van der Waals surface area contributed by atoms with Gasteiger partial charge in [-0.05, 0) is 18.4 Å². The number of carbonyl (C=O) groups excluding carboxylic acids is 2. The summed E-state index contributed by atoms with van der Waals surface area (Å²) in [4.78, 5) is 29.0. The fraction of sp³-hybridized carbons (Fsp3) is 0.619. The molecule has 1 aliphatic heterocycles. The van der Waals surface area contributed by atoms with Gasteiger partial charge in [0, 0.05) is 38.3 Å². The van der Waals surface area contributed by atoms with Gasteiger partial charge in [-0.15, -0.1) is 12.4 Å². The molecule has 0 spiro atoms. The Morgan fingerprint density at radius 3 is 2.18 bits per heavy atom. The summed E-state index contributed by atoms with van der Waals surface area (Å²) in [7, 11) is 0. The van der Waals surface area contributed by atoms with Gasteiger partial charge in [-0.3, -0.25) is 4.79 Å². The third-order valence-electron chi connectivity index (χ3n) is 5.92. The molecular weight excluding hydrogens is 376 g/mol. The zero-order valence-corrected chi connectivity index (χ0v) is 17.5. The van der Waals surface area contributed by atoms with Crippen molar-refractivity contribution in [1.29, 1.82) is 0 Å². The van der Waals surface area contributed by atoms with E-state index in [-0.39, 0.29) is 36.3 Å². The van der Waals surface area contributed by atoms with E-state index in [1.165, 1.54) is 19.3 Å². The van der Waals surface area contributed by atoms with Crippen molar-refractivity contribution >= 4 is 24.3 Å². The minimum absolute atomic E-state index is 0. The first-order chi connectivity index (χ1) is 13.1. The van der Waals surface area contributed by atoms with Gasteiger partial charge in [0.25, 0.3) is 0 Å². The molecule has 28 heavy (non-hydrogen) atoms. The molecule has 2 aliphatic rings. The van der Waals surface area contributed by atoms with E-state index in [9.17, 15) is 9.59 Å². The lowest BCUT2D eigenvalue weighted by Crippen LogP contribution is -2.55. The fourth-order valence-electron chi connectivity index (χ4n) is 4.05. The number of benzene rings is 1. The Kier molecular flexibility index (Phi) is 8.58. The summed E-state index contributed by atoms with van der Waals surface area (Å²) in [6.07, 6.45) is 5.84. The third kappa shape index (κ3) is 5.61. The first kappa shape index (κ1) is 22.5. The second-order valence-corrected chi connectivity index (χ2v) is 7.82. The minimum Gasteiger partial charge on any atom is -0.339 e. The van der Waals surface area contributed by atoms with E-state index in [0.717, 1.165) is 18.4 Å². The van der Waals surface area contributed by atoms with Crippen molar-refractivity contribution in [3.05, 3.63) is 35.9 Å². The van der Waals surface area contributed by atoms with Crippen LogP contribution < -0.4 is 11.1 Å². The summed E-state index contributed by atoms with van der Waals surface area (Å²) < 4.78 is 0. The van der Waals surface area contributed by atoms with Crippen molar-refractivity contribution in [2.24, 2.45) is 11.7 Å². The molecule has 6 nitrogen and oxygen atoms in total. The van der Waals surface area contributed by atoms with Crippen molar-refractivity contribution in [1.82, 2.24) is 15.1 Å². The fourth-order valence-corrected chi connectivity index (χ4v) is 4.05. The number of rotatable bonds is 4. The lowest BCUT2D eigenvalue weighted by atomic mass is 9.94. The standard InChI is InChI=1S/C21H32N4O2.ClH/c1-16(19(22)17-8-4-2-5-9-17)20(26)24-12-14-25(15-13-24)21(27)23-18-10-6-3-7-11-18;/h2,4-5,8-9,16,18-19H,3,6-7,10-15,22H2,1H3,(H,23,27);1H. The van der Waals surface area contributed by atoms with Crippen molar-refractivity contribution in [2.75, 3.05) is 26.2 Å². The molecule has 1 saturated carbocycles. The van der Waals surface area contributed by atoms with Crippen LogP contribution in [0.1, 0.15) is 50.6 Å². The topological polar surface area (TPSA) is 78.7 Å². The molecule has 7 heteroatoms. The van der Waals surface area contributed by atoms with E-state index >= 15 is 0 Å². The SMILES string of the molecule is CC(C(=O)N1CCN(C(=O)NC2CCCCC2)CC1)C(N)c1ccccc1.Cl. The van der Waals surface area contributed by atoms with Crippen LogP contribution >= 0.6 is 12.4 Å². The van der Waals surface area contributed by atoms with Crippen LogP contribution in [0.5, 0.6) is 0 Å². The van der Waals surface area contributed by atoms with Crippen molar-refractivity contribution in [2.45, 2.75) is 51.1 Å². The number of hydrogen-bond acceptors (Lipinski definition) is 3. The van der Waals surface area contributed by atoms with Crippen LogP contribution in [0.4, 0.5) is 4.79 Å². The van der Waals surface area contributed by atoms with Gasteiger partial charge < -0.3 is 20.9 Å². The van der Waals surface area contributed by atoms with Crippen LogP contribution in [-0.2, 0) is 4.79 Å². The molecule has 3 rings (SSSR count). The highest BCUT2D eigenvalue weighted by molar-refractivity contribution is 5.85. The largest absolute Gasteiger partial charge is 0.339 e. The Morgan fingerprint density at radius 1 is 1.00 bits per heavy atom. The Morgan fingerprint density at radius 2 is 1.57 bits per heavy atom. The number of amides is 3. The highest BCUT2D eigenvalue weighted by Gasteiger charge is 2.30. The summed E-state index contributed by atoms with van der Waals surface area (Å²) >= 11 is 0. The summed E-state index contributed by atoms with van der Waals surface area (Å²) in [6.45, 7) is 4.20. The zero-order chi connectivity index (χ0) is 19.2. The Bertz CT molecular complexity index is 629. The van der Waals surface area contributed by atoms with Gasteiger partial charge in [0.15, 0.2) is 0 Å². The molecule has 156 valence electrons. The molecule has 1 saturated heterocycles. The van der Waals surface area contributed by atoms with Crippen LogP contribution in [0.25, 0.3) is 0 Å². The maximum Gasteiger partial charge on any atom is 0.317 e.